The summed E-state index contributed by atoms with van der Waals surface area (Å²) in [4.78, 5) is 26.2. The van der Waals surface area contributed by atoms with Crippen LogP contribution in [0, 0.1) is 5.82 Å². The van der Waals surface area contributed by atoms with Crippen molar-refractivity contribution >= 4 is 11.9 Å². The molecule has 1 amide bonds. The molecule has 8 heteroatoms. The zero-order valence-corrected chi connectivity index (χ0v) is 19.0. The van der Waals surface area contributed by atoms with Gasteiger partial charge in [-0.1, -0.05) is 26.0 Å². The SMILES string of the molecule is CC(C)c1cc(C(=O)N2CCC[C@H](c3nc(N(C)C)ncc3-c3ccc(F)cc3)C2)n[nH]1. The number of aromatic amines is 1. The first-order chi connectivity index (χ1) is 15.3. The normalized spacial score (nSPS) is 16.4. The van der Waals surface area contributed by atoms with Crippen molar-refractivity contribution in [3.05, 3.63) is 59.4 Å². The number of hydrogen-bond acceptors (Lipinski definition) is 5. The Morgan fingerprint density at radius 2 is 2.00 bits per heavy atom. The van der Waals surface area contributed by atoms with Crippen LogP contribution >= 0.6 is 0 Å². The van der Waals surface area contributed by atoms with E-state index in [1.54, 1.807) is 18.3 Å². The van der Waals surface area contributed by atoms with Gasteiger partial charge in [0.2, 0.25) is 5.95 Å². The van der Waals surface area contributed by atoms with Crippen LogP contribution in [0.2, 0.25) is 0 Å². The predicted octanol–water partition coefficient (Wildman–Crippen LogP) is 4.22. The fraction of sp³-hybridized carbons (Fsp3) is 0.417. The molecular weight excluding hydrogens is 407 g/mol. The quantitative estimate of drug-likeness (QED) is 0.648. The summed E-state index contributed by atoms with van der Waals surface area (Å²) < 4.78 is 13.5. The van der Waals surface area contributed by atoms with Gasteiger partial charge < -0.3 is 9.80 Å². The highest BCUT2D eigenvalue weighted by Gasteiger charge is 2.30. The van der Waals surface area contributed by atoms with Crippen molar-refractivity contribution in [2.45, 2.75) is 38.5 Å². The van der Waals surface area contributed by atoms with Gasteiger partial charge in [-0.2, -0.15) is 5.10 Å². The second kappa shape index (κ2) is 9.06. The fourth-order valence-electron chi connectivity index (χ4n) is 4.05. The minimum atomic E-state index is -0.282. The van der Waals surface area contributed by atoms with E-state index in [-0.39, 0.29) is 23.6 Å². The molecule has 1 aliphatic heterocycles. The summed E-state index contributed by atoms with van der Waals surface area (Å²) in [6, 6.07) is 8.22. The molecule has 0 saturated carbocycles. The fourth-order valence-corrected chi connectivity index (χ4v) is 4.05. The Hall–Kier alpha value is -3.29. The Morgan fingerprint density at radius 1 is 1.25 bits per heavy atom. The maximum Gasteiger partial charge on any atom is 0.274 e. The highest BCUT2D eigenvalue weighted by Crippen LogP contribution is 2.34. The number of likely N-dealkylation sites (tertiary alicyclic amines) is 1. The number of nitrogens with zero attached hydrogens (tertiary/aromatic N) is 5. The highest BCUT2D eigenvalue weighted by atomic mass is 19.1. The molecule has 1 N–H and O–H groups in total. The summed E-state index contributed by atoms with van der Waals surface area (Å²) in [6.07, 6.45) is 3.59. The van der Waals surface area contributed by atoms with Gasteiger partial charge in [-0.05, 0) is 42.5 Å². The molecule has 0 unspecified atom stereocenters. The van der Waals surface area contributed by atoms with Crippen LogP contribution in [0.5, 0.6) is 0 Å². The maximum atomic E-state index is 13.5. The zero-order chi connectivity index (χ0) is 22.8. The van der Waals surface area contributed by atoms with Gasteiger partial charge in [-0.3, -0.25) is 9.89 Å². The largest absolute Gasteiger partial charge is 0.347 e. The van der Waals surface area contributed by atoms with Crippen LogP contribution in [0.3, 0.4) is 0 Å². The van der Waals surface area contributed by atoms with Crippen molar-refractivity contribution in [3.8, 4) is 11.1 Å². The Balaban J connectivity index is 1.64. The summed E-state index contributed by atoms with van der Waals surface area (Å²) in [5.74, 6) is 0.599. The number of H-pyrrole nitrogens is 1. The minimum absolute atomic E-state index is 0.0537. The molecule has 2 aromatic heterocycles. The van der Waals surface area contributed by atoms with Crippen molar-refractivity contribution in [1.29, 1.82) is 0 Å². The van der Waals surface area contributed by atoms with Gasteiger partial charge in [0.1, 0.15) is 11.5 Å². The van der Waals surface area contributed by atoms with Crippen LogP contribution in [0.15, 0.2) is 36.5 Å². The number of benzene rings is 1. The van der Waals surface area contributed by atoms with E-state index in [9.17, 15) is 9.18 Å². The van der Waals surface area contributed by atoms with Crippen LogP contribution in [0.25, 0.3) is 11.1 Å². The predicted molar refractivity (Wildman–Crippen MR) is 122 cm³/mol. The summed E-state index contributed by atoms with van der Waals surface area (Å²) in [5.41, 5.74) is 4.02. The van der Waals surface area contributed by atoms with Gasteiger partial charge in [-0.25, -0.2) is 14.4 Å². The van der Waals surface area contributed by atoms with Gasteiger partial charge in [0, 0.05) is 50.6 Å². The van der Waals surface area contributed by atoms with Gasteiger partial charge in [0.15, 0.2) is 0 Å². The molecular formula is C24H29FN6O. The Kier molecular flexibility index (Phi) is 6.21. The van der Waals surface area contributed by atoms with Crippen molar-refractivity contribution in [2.24, 2.45) is 0 Å². The third kappa shape index (κ3) is 4.49. The topological polar surface area (TPSA) is 78.0 Å². The first-order valence-electron chi connectivity index (χ1n) is 11.0. The van der Waals surface area contributed by atoms with Crippen molar-refractivity contribution in [3.63, 3.8) is 0 Å². The summed E-state index contributed by atoms with van der Waals surface area (Å²) >= 11 is 0. The molecule has 7 nitrogen and oxygen atoms in total. The van der Waals surface area contributed by atoms with E-state index in [2.05, 4.69) is 29.0 Å². The number of piperidine rings is 1. The smallest absolute Gasteiger partial charge is 0.274 e. The van der Waals surface area contributed by atoms with Gasteiger partial charge in [0.05, 0.1) is 5.69 Å². The van der Waals surface area contributed by atoms with E-state index in [1.165, 1.54) is 12.1 Å². The van der Waals surface area contributed by atoms with E-state index >= 15 is 0 Å². The average molecular weight is 437 g/mol. The number of nitrogens with one attached hydrogen (secondary N) is 1. The summed E-state index contributed by atoms with van der Waals surface area (Å²) in [6.45, 7) is 5.37. The average Bonchev–Trinajstić information content (AvgIpc) is 3.29. The van der Waals surface area contributed by atoms with E-state index in [1.807, 2.05) is 30.0 Å². The van der Waals surface area contributed by atoms with E-state index < -0.39 is 0 Å². The van der Waals surface area contributed by atoms with Gasteiger partial charge >= 0.3 is 0 Å². The maximum absolute atomic E-state index is 13.5. The van der Waals surface area contributed by atoms with Crippen LogP contribution in [-0.2, 0) is 0 Å². The number of carbonyl (C=O) groups excluding carboxylic acids is 1. The number of halogens is 1. The van der Waals surface area contributed by atoms with Crippen LogP contribution < -0.4 is 4.90 Å². The van der Waals surface area contributed by atoms with E-state index in [4.69, 9.17) is 4.98 Å². The molecule has 3 aromatic rings. The first-order valence-corrected chi connectivity index (χ1v) is 11.0. The summed E-state index contributed by atoms with van der Waals surface area (Å²) in [7, 11) is 3.80. The van der Waals surface area contributed by atoms with E-state index in [0.29, 0.717) is 24.7 Å². The van der Waals surface area contributed by atoms with Crippen molar-refractivity contribution in [1.82, 2.24) is 25.1 Å². The molecule has 1 atom stereocenters. The molecule has 168 valence electrons. The number of aromatic nitrogens is 4. The van der Waals surface area contributed by atoms with Crippen LogP contribution in [0.1, 0.15) is 60.4 Å². The zero-order valence-electron chi connectivity index (χ0n) is 19.0. The number of amides is 1. The Morgan fingerprint density at radius 3 is 2.66 bits per heavy atom. The Bertz CT molecular complexity index is 1090. The molecule has 1 saturated heterocycles. The molecule has 0 spiro atoms. The third-order valence-corrected chi connectivity index (χ3v) is 5.89. The standard InChI is InChI=1S/C24H29FN6O/c1-15(2)20-12-21(29-28-20)23(32)31-11-5-6-17(14-31)22-19(13-26-24(27-22)30(3)4)16-7-9-18(25)10-8-16/h7-10,12-13,15,17H,5-6,11,14H2,1-4H3,(H,28,29)/t17-/m0/s1. The second-order valence-electron chi connectivity index (χ2n) is 8.82. The molecule has 1 fully saturated rings. The third-order valence-electron chi connectivity index (χ3n) is 5.89. The lowest BCUT2D eigenvalue weighted by molar-refractivity contribution is 0.0700. The molecule has 32 heavy (non-hydrogen) atoms. The van der Waals surface area contributed by atoms with Crippen molar-refractivity contribution in [2.75, 3.05) is 32.1 Å². The molecule has 0 bridgehead atoms. The molecule has 0 aliphatic carbocycles. The highest BCUT2D eigenvalue weighted by molar-refractivity contribution is 5.92. The first kappa shape index (κ1) is 21.9. The van der Waals surface area contributed by atoms with Gasteiger partial charge in [-0.15, -0.1) is 0 Å². The number of hydrogen-bond donors (Lipinski definition) is 1. The van der Waals surface area contributed by atoms with Gasteiger partial charge in [0.25, 0.3) is 5.91 Å². The second-order valence-corrected chi connectivity index (χ2v) is 8.82. The summed E-state index contributed by atoms with van der Waals surface area (Å²) in [5, 5.41) is 7.21. The minimum Gasteiger partial charge on any atom is -0.347 e. The lowest BCUT2D eigenvalue weighted by atomic mass is 9.89. The number of anilines is 1. The number of rotatable bonds is 5. The lowest BCUT2D eigenvalue weighted by Gasteiger charge is -2.33. The molecule has 1 aliphatic rings. The molecule has 3 heterocycles. The molecule has 0 radical (unpaired) electrons. The van der Waals surface area contributed by atoms with Crippen LogP contribution in [-0.4, -0.2) is 58.2 Å². The van der Waals surface area contributed by atoms with E-state index in [0.717, 1.165) is 35.4 Å². The van der Waals surface area contributed by atoms with Crippen LogP contribution in [0.4, 0.5) is 10.3 Å². The Labute approximate surface area is 187 Å². The van der Waals surface area contributed by atoms with Crippen molar-refractivity contribution < 1.29 is 9.18 Å². The molecule has 4 rings (SSSR count). The lowest BCUT2D eigenvalue weighted by Crippen LogP contribution is -2.39. The molecule has 1 aromatic carbocycles. The monoisotopic (exact) mass is 436 g/mol. The number of carbonyl (C=O) groups is 1.